The van der Waals surface area contributed by atoms with E-state index in [4.69, 9.17) is 0 Å². The molecule has 0 saturated heterocycles. The summed E-state index contributed by atoms with van der Waals surface area (Å²) in [6.45, 7) is 2.14. The van der Waals surface area contributed by atoms with Gasteiger partial charge in [0, 0.05) is 17.7 Å². The average Bonchev–Trinajstić information content (AvgIpc) is 3.35. The number of aromatic nitrogens is 3. The molecule has 2 aromatic rings. The van der Waals surface area contributed by atoms with Gasteiger partial charge in [0.2, 0.25) is 0 Å². The van der Waals surface area contributed by atoms with E-state index in [9.17, 15) is 0 Å². The molecule has 0 N–H and O–H groups in total. The van der Waals surface area contributed by atoms with Crippen molar-refractivity contribution in [3.05, 3.63) is 41.2 Å². The lowest BCUT2D eigenvalue weighted by molar-refractivity contribution is 0.627. The van der Waals surface area contributed by atoms with Crippen molar-refractivity contribution in [1.82, 2.24) is 14.8 Å². The molecule has 0 amide bonds. The number of benzene rings is 1. The molecule has 0 unspecified atom stereocenters. The fourth-order valence-electron chi connectivity index (χ4n) is 2.63. The maximum absolute atomic E-state index is 4.46. The zero-order valence-electron chi connectivity index (χ0n) is 11.7. The quantitative estimate of drug-likeness (QED) is 0.775. The Bertz CT molecular complexity index is 626. The van der Waals surface area contributed by atoms with Crippen molar-refractivity contribution in [2.75, 3.05) is 0 Å². The van der Waals surface area contributed by atoms with Crippen LogP contribution < -0.4 is 0 Å². The van der Waals surface area contributed by atoms with Gasteiger partial charge >= 0.3 is 0 Å². The van der Waals surface area contributed by atoms with Crippen LogP contribution >= 0.6 is 11.8 Å². The van der Waals surface area contributed by atoms with Gasteiger partial charge in [-0.2, -0.15) is 0 Å². The second-order valence-electron chi connectivity index (χ2n) is 5.99. The molecule has 3 nitrogen and oxygen atoms in total. The number of thioether (sulfide) groups is 1. The van der Waals surface area contributed by atoms with Crippen molar-refractivity contribution < 1.29 is 0 Å². The minimum atomic E-state index is 0.681. The Morgan fingerprint density at radius 1 is 1.20 bits per heavy atom. The number of nitrogens with zero attached hydrogens (tertiary/aromatic N) is 3. The van der Waals surface area contributed by atoms with Gasteiger partial charge < -0.3 is 4.57 Å². The molecule has 2 fully saturated rings. The van der Waals surface area contributed by atoms with Gasteiger partial charge in [-0.1, -0.05) is 41.6 Å². The first-order chi connectivity index (χ1) is 9.81. The molecule has 2 aliphatic carbocycles. The molecule has 0 radical (unpaired) electrons. The topological polar surface area (TPSA) is 30.7 Å². The summed E-state index contributed by atoms with van der Waals surface area (Å²) in [5, 5.41) is 10.0. The lowest BCUT2D eigenvalue weighted by atomic mass is 10.2. The SMILES string of the molecule is Cc1cccc(CSc2nnc(C3CC3)n2C2CC2)c1. The molecule has 2 saturated carbocycles. The second kappa shape index (κ2) is 4.92. The van der Waals surface area contributed by atoms with Gasteiger partial charge in [0.15, 0.2) is 5.16 Å². The highest BCUT2D eigenvalue weighted by molar-refractivity contribution is 7.98. The molecule has 104 valence electrons. The third kappa shape index (κ3) is 2.49. The largest absolute Gasteiger partial charge is 0.303 e. The normalized spacial score (nSPS) is 18.4. The summed E-state index contributed by atoms with van der Waals surface area (Å²) >= 11 is 1.83. The van der Waals surface area contributed by atoms with E-state index in [0.717, 1.165) is 10.9 Å². The lowest BCUT2D eigenvalue weighted by Gasteiger charge is -2.08. The predicted molar refractivity (Wildman–Crippen MR) is 81.0 cm³/mol. The van der Waals surface area contributed by atoms with E-state index >= 15 is 0 Å². The van der Waals surface area contributed by atoms with Crippen LogP contribution in [0.4, 0.5) is 0 Å². The van der Waals surface area contributed by atoms with Crippen LogP contribution in [0.5, 0.6) is 0 Å². The molecule has 1 heterocycles. The average molecular weight is 285 g/mol. The van der Waals surface area contributed by atoms with Crippen LogP contribution in [0.2, 0.25) is 0 Å². The van der Waals surface area contributed by atoms with Crippen LogP contribution in [0, 0.1) is 6.92 Å². The van der Waals surface area contributed by atoms with E-state index in [1.54, 1.807) is 0 Å². The van der Waals surface area contributed by atoms with Gasteiger partial charge in [-0.05, 0) is 38.2 Å². The smallest absolute Gasteiger partial charge is 0.191 e. The Hall–Kier alpha value is -1.29. The summed E-state index contributed by atoms with van der Waals surface area (Å²) in [7, 11) is 0. The molecule has 4 rings (SSSR count). The fraction of sp³-hybridized carbons (Fsp3) is 0.500. The molecular formula is C16H19N3S. The van der Waals surface area contributed by atoms with E-state index in [2.05, 4.69) is 46.0 Å². The standard InChI is InChI=1S/C16H19N3S/c1-11-3-2-4-12(9-11)10-20-16-18-17-15(13-5-6-13)19(16)14-7-8-14/h2-4,9,13-14H,5-8,10H2,1H3. The summed E-state index contributed by atoms with van der Waals surface area (Å²) in [4.78, 5) is 0. The van der Waals surface area contributed by atoms with Crippen LogP contribution in [0.15, 0.2) is 29.4 Å². The van der Waals surface area contributed by atoms with E-state index in [1.165, 1.54) is 42.6 Å². The summed E-state index contributed by atoms with van der Waals surface area (Å²) in [6.07, 6.45) is 5.20. The third-order valence-corrected chi connectivity index (χ3v) is 5.01. The Labute approximate surface area is 123 Å². The van der Waals surface area contributed by atoms with Gasteiger partial charge in [-0.3, -0.25) is 0 Å². The Morgan fingerprint density at radius 3 is 2.75 bits per heavy atom. The molecule has 0 bridgehead atoms. The molecular weight excluding hydrogens is 266 g/mol. The zero-order chi connectivity index (χ0) is 13.5. The van der Waals surface area contributed by atoms with Gasteiger partial charge in [-0.15, -0.1) is 10.2 Å². The first-order valence-corrected chi connectivity index (χ1v) is 8.43. The second-order valence-corrected chi connectivity index (χ2v) is 6.94. The summed E-state index contributed by atoms with van der Waals surface area (Å²) in [6, 6.07) is 9.41. The molecule has 0 aliphatic heterocycles. The van der Waals surface area contributed by atoms with E-state index in [0.29, 0.717) is 12.0 Å². The fourth-order valence-corrected chi connectivity index (χ4v) is 3.59. The molecule has 2 aliphatic rings. The highest BCUT2D eigenvalue weighted by atomic mass is 32.2. The van der Waals surface area contributed by atoms with Crippen LogP contribution in [-0.4, -0.2) is 14.8 Å². The summed E-state index contributed by atoms with van der Waals surface area (Å²) in [5.74, 6) is 2.92. The molecule has 4 heteroatoms. The van der Waals surface area contributed by atoms with E-state index in [1.807, 2.05) is 11.8 Å². The zero-order valence-corrected chi connectivity index (χ0v) is 12.6. The number of hydrogen-bond acceptors (Lipinski definition) is 3. The van der Waals surface area contributed by atoms with Crippen molar-refractivity contribution in [2.24, 2.45) is 0 Å². The number of rotatable bonds is 5. The minimum Gasteiger partial charge on any atom is -0.303 e. The van der Waals surface area contributed by atoms with Crippen molar-refractivity contribution in [2.45, 2.75) is 55.5 Å². The van der Waals surface area contributed by atoms with Crippen molar-refractivity contribution in [1.29, 1.82) is 0 Å². The van der Waals surface area contributed by atoms with Gasteiger partial charge in [0.25, 0.3) is 0 Å². The monoisotopic (exact) mass is 285 g/mol. The first-order valence-electron chi connectivity index (χ1n) is 7.44. The van der Waals surface area contributed by atoms with Crippen molar-refractivity contribution >= 4 is 11.8 Å². The molecule has 1 aromatic carbocycles. The van der Waals surface area contributed by atoms with Gasteiger partial charge in [0.1, 0.15) is 5.82 Å². The maximum Gasteiger partial charge on any atom is 0.191 e. The number of hydrogen-bond donors (Lipinski definition) is 0. The highest BCUT2D eigenvalue weighted by Gasteiger charge is 2.36. The predicted octanol–water partition coefficient (Wildman–Crippen LogP) is 4.09. The maximum atomic E-state index is 4.46. The molecule has 0 spiro atoms. The van der Waals surface area contributed by atoms with Gasteiger partial charge in [0.05, 0.1) is 0 Å². The van der Waals surface area contributed by atoms with E-state index in [-0.39, 0.29) is 0 Å². The van der Waals surface area contributed by atoms with Crippen molar-refractivity contribution in [3.63, 3.8) is 0 Å². The first kappa shape index (κ1) is 12.5. The number of aryl methyl sites for hydroxylation is 1. The molecule has 1 aromatic heterocycles. The molecule has 0 atom stereocenters. The van der Waals surface area contributed by atoms with Crippen LogP contribution in [0.25, 0.3) is 0 Å². The van der Waals surface area contributed by atoms with E-state index < -0.39 is 0 Å². The van der Waals surface area contributed by atoms with Crippen LogP contribution in [0.3, 0.4) is 0 Å². The Kier molecular flexibility index (Phi) is 3.06. The van der Waals surface area contributed by atoms with Crippen molar-refractivity contribution in [3.8, 4) is 0 Å². The van der Waals surface area contributed by atoms with Gasteiger partial charge in [-0.25, -0.2) is 0 Å². The van der Waals surface area contributed by atoms with Crippen LogP contribution in [-0.2, 0) is 5.75 Å². The Balaban J connectivity index is 1.53. The lowest BCUT2D eigenvalue weighted by Crippen LogP contribution is -2.01. The minimum absolute atomic E-state index is 0.681. The third-order valence-electron chi connectivity index (χ3n) is 4.00. The molecule has 20 heavy (non-hydrogen) atoms. The Morgan fingerprint density at radius 2 is 2.05 bits per heavy atom. The van der Waals surface area contributed by atoms with Crippen LogP contribution in [0.1, 0.15) is 54.6 Å². The summed E-state index contributed by atoms with van der Waals surface area (Å²) < 4.78 is 2.43. The highest BCUT2D eigenvalue weighted by Crippen LogP contribution is 2.46. The summed E-state index contributed by atoms with van der Waals surface area (Å²) in [5.41, 5.74) is 2.69.